The first kappa shape index (κ1) is 45.8. The van der Waals surface area contributed by atoms with E-state index in [2.05, 4.69) is 79.1 Å². The fraction of sp³-hybridized carbons (Fsp3) is 0.692. The van der Waals surface area contributed by atoms with E-state index in [1.165, 1.54) is 25.7 Å². The normalized spacial score (nSPS) is 13.2. The van der Waals surface area contributed by atoms with Crippen molar-refractivity contribution < 1.29 is 37.9 Å². The molecule has 0 saturated heterocycles. The molecular formula is C39H67O8P. The molecule has 2 N–H and O–H groups in total. The SMILES string of the molecule is CC/C=C\C/C=C\C/C=C\CCCCCCCC(=O)OC[C@H](COP(=O)(O)O)OC(=O)CCCCCCC/C=C\C/C=C\CCCCC. The van der Waals surface area contributed by atoms with Crippen LogP contribution in [0, 0.1) is 0 Å². The molecule has 0 aromatic carbocycles. The van der Waals surface area contributed by atoms with Gasteiger partial charge in [0.25, 0.3) is 0 Å². The van der Waals surface area contributed by atoms with Gasteiger partial charge in [-0.3, -0.25) is 14.1 Å². The standard InChI is InChI=1S/C39H67O8P/c1-3-5-7-9-11-13-15-17-19-21-23-25-27-29-31-33-38(40)45-35-37(36-46-48(42,43)44)47-39(41)34-32-30-28-26-24-22-20-18-16-14-12-10-8-6-4-2/h5,7,11-14,17-20,37H,3-4,6,8-10,15-16,21-36H2,1-2H3,(H2,42,43,44)/b7-5-,13-11-,14-12-,19-17-,20-18-/t37-/m1/s1. The average molecular weight is 695 g/mol. The van der Waals surface area contributed by atoms with E-state index in [9.17, 15) is 14.2 Å². The Labute approximate surface area is 292 Å². The molecule has 0 aliphatic heterocycles. The van der Waals surface area contributed by atoms with Crippen molar-refractivity contribution in [2.75, 3.05) is 13.2 Å². The van der Waals surface area contributed by atoms with Gasteiger partial charge in [-0.25, -0.2) is 4.57 Å². The van der Waals surface area contributed by atoms with Crippen molar-refractivity contribution in [3.8, 4) is 0 Å². The molecule has 276 valence electrons. The molecule has 0 spiro atoms. The number of esters is 2. The Morgan fingerprint density at radius 2 is 1.00 bits per heavy atom. The highest BCUT2D eigenvalue weighted by molar-refractivity contribution is 7.46. The van der Waals surface area contributed by atoms with E-state index in [4.69, 9.17) is 19.3 Å². The first-order valence-corrected chi connectivity index (χ1v) is 20.1. The van der Waals surface area contributed by atoms with Gasteiger partial charge in [-0.1, -0.05) is 126 Å². The van der Waals surface area contributed by atoms with Gasteiger partial charge in [-0.2, -0.15) is 0 Å². The lowest BCUT2D eigenvalue weighted by Gasteiger charge is -2.18. The van der Waals surface area contributed by atoms with Gasteiger partial charge in [0.05, 0.1) is 6.61 Å². The fourth-order valence-corrected chi connectivity index (χ4v) is 5.13. The second-order valence-corrected chi connectivity index (χ2v) is 13.4. The number of unbranched alkanes of at least 4 members (excludes halogenated alkanes) is 13. The Hall–Kier alpha value is -2.25. The van der Waals surface area contributed by atoms with Gasteiger partial charge in [-0.15, -0.1) is 0 Å². The van der Waals surface area contributed by atoms with Crippen LogP contribution in [0.3, 0.4) is 0 Å². The number of allylic oxidation sites excluding steroid dienone is 10. The molecule has 0 aliphatic rings. The molecule has 0 rings (SSSR count). The molecule has 0 aromatic rings. The second kappa shape index (κ2) is 34.6. The minimum Gasteiger partial charge on any atom is -0.462 e. The van der Waals surface area contributed by atoms with E-state index < -0.39 is 32.5 Å². The van der Waals surface area contributed by atoms with Crippen molar-refractivity contribution in [2.24, 2.45) is 0 Å². The van der Waals surface area contributed by atoms with Crippen LogP contribution in [-0.4, -0.2) is 41.0 Å². The van der Waals surface area contributed by atoms with Crippen LogP contribution < -0.4 is 0 Å². The Morgan fingerprint density at radius 3 is 1.50 bits per heavy atom. The molecule has 9 heteroatoms. The molecule has 0 fully saturated rings. The summed E-state index contributed by atoms with van der Waals surface area (Å²) >= 11 is 0. The predicted octanol–water partition coefficient (Wildman–Crippen LogP) is 11.0. The Balaban J connectivity index is 4.04. The van der Waals surface area contributed by atoms with Crippen molar-refractivity contribution in [3.05, 3.63) is 60.8 Å². The Morgan fingerprint density at radius 1 is 0.562 bits per heavy atom. The molecule has 8 nitrogen and oxygen atoms in total. The first-order valence-electron chi connectivity index (χ1n) is 18.6. The van der Waals surface area contributed by atoms with Gasteiger partial charge in [0.2, 0.25) is 0 Å². The molecule has 0 bridgehead atoms. The average Bonchev–Trinajstić information content (AvgIpc) is 3.05. The summed E-state index contributed by atoms with van der Waals surface area (Å²) in [7, 11) is -4.76. The van der Waals surface area contributed by atoms with Gasteiger partial charge in [0.15, 0.2) is 6.10 Å². The van der Waals surface area contributed by atoms with Crippen LogP contribution in [0.4, 0.5) is 0 Å². The maximum Gasteiger partial charge on any atom is 0.469 e. The van der Waals surface area contributed by atoms with Gasteiger partial charge in [-0.05, 0) is 77.0 Å². The largest absolute Gasteiger partial charge is 0.469 e. The van der Waals surface area contributed by atoms with Crippen LogP contribution in [0.25, 0.3) is 0 Å². The van der Waals surface area contributed by atoms with Gasteiger partial charge in [0.1, 0.15) is 6.61 Å². The number of rotatable bonds is 33. The topological polar surface area (TPSA) is 119 Å². The van der Waals surface area contributed by atoms with Crippen LogP contribution in [0.2, 0.25) is 0 Å². The summed E-state index contributed by atoms with van der Waals surface area (Å²) in [5, 5.41) is 0. The fourth-order valence-electron chi connectivity index (χ4n) is 4.77. The molecule has 0 aromatic heterocycles. The van der Waals surface area contributed by atoms with Gasteiger partial charge >= 0.3 is 19.8 Å². The van der Waals surface area contributed by atoms with E-state index in [1.807, 2.05) is 0 Å². The highest BCUT2D eigenvalue weighted by atomic mass is 31.2. The third kappa shape index (κ3) is 36.6. The molecule has 0 unspecified atom stereocenters. The van der Waals surface area contributed by atoms with Crippen LogP contribution in [0.5, 0.6) is 0 Å². The molecule has 0 radical (unpaired) electrons. The van der Waals surface area contributed by atoms with Crippen molar-refractivity contribution in [2.45, 2.75) is 161 Å². The smallest absolute Gasteiger partial charge is 0.462 e. The minimum absolute atomic E-state index is 0.189. The van der Waals surface area contributed by atoms with E-state index >= 15 is 0 Å². The molecule has 0 heterocycles. The first-order chi connectivity index (χ1) is 23.3. The van der Waals surface area contributed by atoms with E-state index in [1.54, 1.807) is 0 Å². The number of phosphoric acid groups is 1. The summed E-state index contributed by atoms with van der Waals surface area (Å²) in [6.45, 7) is 3.50. The molecule has 1 atom stereocenters. The van der Waals surface area contributed by atoms with E-state index in [-0.39, 0.29) is 19.4 Å². The molecule has 0 amide bonds. The summed E-state index contributed by atoms with van der Waals surface area (Å²) in [5.74, 6) is -0.927. The Bertz CT molecular complexity index is 963. The summed E-state index contributed by atoms with van der Waals surface area (Å²) in [4.78, 5) is 42.7. The molecule has 0 aliphatic carbocycles. The quantitative estimate of drug-likeness (QED) is 0.0301. The Kier molecular flexibility index (Phi) is 33.0. The lowest BCUT2D eigenvalue weighted by molar-refractivity contribution is -0.161. The zero-order valence-corrected chi connectivity index (χ0v) is 31.0. The zero-order chi connectivity index (χ0) is 35.4. The van der Waals surface area contributed by atoms with Crippen molar-refractivity contribution in [1.82, 2.24) is 0 Å². The lowest BCUT2D eigenvalue weighted by atomic mass is 10.1. The maximum atomic E-state index is 12.3. The molecule has 48 heavy (non-hydrogen) atoms. The van der Waals surface area contributed by atoms with Crippen LogP contribution in [0.15, 0.2) is 60.8 Å². The van der Waals surface area contributed by atoms with Crippen LogP contribution in [0.1, 0.15) is 155 Å². The maximum absolute atomic E-state index is 12.3. The second-order valence-electron chi connectivity index (χ2n) is 12.2. The van der Waals surface area contributed by atoms with E-state index in [0.29, 0.717) is 12.8 Å². The number of carbonyl (C=O) groups is 2. The number of hydrogen-bond donors (Lipinski definition) is 2. The van der Waals surface area contributed by atoms with Crippen molar-refractivity contribution >= 4 is 19.8 Å². The third-order valence-corrected chi connectivity index (χ3v) is 8.01. The number of ether oxygens (including phenoxy) is 2. The van der Waals surface area contributed by atoms with Crippen LogP contribution >= 0.6 is 7.82 Å². The number of hydrogen-bond acceptors (Lipinski definition) is 6. The third-order valence-electron chi connectivity index (χ3n) is 7.52. The molecular weight excluding hydrogens is 627 g/mol. The predicted molar refractivity (Wildman–Crippen MR) is 197 cm³/mol. The minimum atomic E-state index is -4.76. The lowest BCUT2D eigenvalue weighted by Crippen LogP contribution is -2.29. The summed E-state index contributed by atoms with van der Waals surface area (Å²) in [6, 6.07) is 0. The van der Waals surface area contributed by atoms with Gasteiger partial charge in [0, 0.05) is 12.8 Å². The monoisotopic (exact) mass is 694 g/mol. The highest BCUT2D eigenvalue weighted by Crippen LogP contribution is 2.36. The number of phosphoric ester groups is 1. The summed E-state index contributed by atoms with van der Waals surface area (Å²) < 4.78 is 26.3. The summed E-state index contributed by atoms with van der Waals surface area (Å²) in [6.07, 6.45) is 42.2. The van der Waals surface area contributed by atoms with Crippen molar-refractivity contribution in [3.63, 3.8) is 0 Å². The molecule has 0 saturated carbocycles. The van der Waals surface area contributed by atoms with Gasteiger partial charge < -0.3 is 19.3 Å². The van der Waals surface area contributed by atoms with E-state index in [0.717, 1.165) is 89.9 Å². The van der Waals surface area contributed by atoms with Crippen molar-refractivity contribution in [1.29, 1.82) is 0 Å². The van der Waals surface area contributed by atoms with Crippen LogP contribution in [-0.2, 0) is 28.2 Å². The number of carbonyl (C=O) groups excluding carboxylic acids is 2. The summed E-state index contributed by atoms with van der Waals surface area (Å²) in [5.41, 5.74) is 0. The zero-order valence-electron chi connectivity index (χ0n) is 30.1. The highest BCUT2D eigenvalue weighted by Gasteiger charge is 2.22.